The number of anilines is 2. The predicted molar refractivity (Wildman–Crippen MR) is 282 cm³/mol. The van der Waals surface area contributed by atoms with Crippen LogP contribution in [0.25, 0.3) is 0 Å². The molecule has 68 heavy (non-hydrogen) atoms. The van der Waals surface area contributed by atoms with Crippen molar-refractivity contribution in [2.45, 2.75) is 173 Å². The Morgan fingerprint density at radius 2 is 0.618 bits per heavy atom. The third kappa shape index (κ3) is 12.2. The molecule has 0 fully saturated rings. The van der Waals surface area contributed by atoms with Gasteiger partial charge < -0.3 is 31.9 Å². The minimum absolute atomic E-state index is 0.687. The molecule has 1 aliphatic heterocycles. The van der Waals surface area contributed by atoms with Crippen molar-refractivity contribution in [2.75, 3.05) is 10.6 Å². The number of nitrogens with one attached hydrogen (secondary N) is 6. The van der Waals surface area contributed by atoms with Gasteiger partial charge in [0.05, 0.1) is 0 Å². The topological polar surface area (TPSA) is 124 Å². The maximum atomic E-state index is 4.76. The van der Waals surface area contributed by atoms with E-state index in [4.69, 9.17) is 19.9 Å². The number of benzene rings is 4. The second-order valence-corrected chi connectivity index (χ2v) is 18.6. The van der Waals surface area contributed by atoms with Crippen molar-refractivity contribution in [1.82, 2.24) is 41.2 Å². The van der Waals surface area contributed by atoms with E-state index in [1.807, 2.05) is 39.8 Å². The SMILES string of the molecule is CCc1c2c(CC)c(CNc3nc(C)cc(C)n3)c(CC)c1CNCc1cccc(c1)CNCc1c(CC)c(c(CC)c(CNc3nc(C)cc(C)n3)c1CC)CNCc1cccc(c1)CNC2. The van der Waals surface area contributed by atoms with Crippen molar-refractivity contribution in [3.05, 3.63) is 172 Å². The van der Waals surface area contributed by atoms with Gasteiger partial charge in [-0.3, -0.25) is 0 Å². The third-order valence-corrected chi connectivity index (χ3v) is 13.8. The lowest BCUT2D eigenvalue weighted by molar-refractivity contribution is 0.650. The molecule has 10 heteroatoms. The van der Waals surface area contributed by atoms with Crippen molar-refractivity contribution in [1.29, 1.82) is 0 Å². The van der Waals surface area contributed by atoms with E-state index in [9.17, 15) is 0 Å². The van der Waals surface area contributed by atoms with Crippen molar-refractivity contribution in [3.8, 4) is 0 Å². The fraction of sp³-hybridized carbons (Fsp3) is 0.448. The van der Waals surface area contributed by atoms with Gasteiger partial charge in [0.15, 0.2) is 0 Å². The molecule has 0 amide bonds. The number of hydrogen-bond acceptors (Lipinski definition) is 10. The molecule has 0 spiro atoms. The molecule has 6 aromatic rings. The minimum Gasteiger partial charge on any atom is -0.350 e. The Morgan fingerprint density at radius 1 is 0.353 bits per heavy atom. The first-order valence-electron chi connectivity index (χ1n) is 25.5. The normalized spacial score (nSPS) is 13.8. The molecule has 1 aliphatic rings. The monoisotopic (exact) mass is 915 g/mol. The predicted octanol–water partition coefficient (Wildman–Crippen LogP) is 10.6. The number of nitrogens with zero attached hydrogens (tertiary/aromatic N) is 4. The minimum atomic E-state index is 0.687. The molecule has 0 unspecified atom stereocenters. The van der Waals surface area contributed by atoms with Gasteiger partial charge in [-0.05, 0) is 167 Å². The maximum absolute atomic E-state index is 4.76. The highest BCUT2D eigenvalue weighted by atomic mass is 15.1. The molecule has 10 nitrogen and oxygen atoms in total. The summed E-state index contributed by atoms with van der Waals surface area (Å²) in [5, 5.41) is 23.1. The van der Waals surface area contributed by atoms with E-state index < -0.39 is 0 Å². The molecular formula is C58H78N10. The van der Waals surface area contributed by atoms with Crippen molar-refractivity contribution < 1.29 is 0 Å². The molecule has 8 bridgehead atoms. The van der Waals surface area contributed by atoms with Gasteiger partial charge in [-0.2, -0.15) is 0 Å². The quantitative estimate of drug-likeness (QED) is 0.0707. The van der Waals surface area contributed by atoms with Gasteiger partial charge in [0.1, 0.15) is 0 Å². The second-order valence-electron chi connectivity index (χ2n) is 18.6. The smallest absolute Gasteiger partial charge is 0.223 e. The van der Waals surface area contributed by atoms with Crippen LogP contribution in [0.1, 0.15) is 153 Å². The zero-order chi connectivity index (χ0) is 48.2. The summed E-state index contributed by atoms with van der Waals surface area (Å²) in [6.45, 7) is 29.8. The Labute approximate surface area is 407 Å². The van der Waals surface area contributed by atoms with Crippen LogP contribution in [0, 0.1) is 27.7 Å². The molecule has 0 saturated carbocycles. The zero-order valence-electron chi connectivity index (χ0n) is 42.9. The van der Waals surface area contributed by atoms with E-state index in [0.717, 1.165) is 114 Å². The Balaban J connectivity index is 1.25. The molecule has 4 aromatic carbocycles. The van der Waals surface area contributed by atoms with Gasteiger partial charge in [-0.25, -0.2) is 19.9 Å². The summed E-state index contributed by atoms with van der Waals surface area (Å²) in [6, 6.07) is 22.3. The van der Waals surface area contributed by atoms with Crippen molar-refractivity contribution >= 4 is 11.9 Å². The molecule has 7 rings (SSSR count). The van der Waals surface area contributed by atoms with Gasteiger partial charge >= 0.3 is 0 Å². The van der Waals surface area contributed by atoms with E-state index in [-0.39, 0.29) is 0 Å². The zero-order valence-corrected chi connectivity index (χ0v) is 42.9. The fourth-order valence-electron chi connectivity index (χ4n) is 11.0. The average Bonchev–Trinajstić information content (AvgIpc) is 3.32. The third-order valence-electron chi connectivity index (χ3n) is 13.8. The van der Waals surface area contributed by atoms with E-state index in [0.29, 0.717) is 25.0 Å². The average molecular weight is 915 g/mol. The lowest BCUT2D eigenvalue weighted by Crippen LogP contribution is -2.24. The summed E-state index contributed by atoms with van der Waals surface area (Å²) in [7, 11) is 0. The van der Waals surface area contributed by atoms with E-state index in [2.05, 4.69) is 122 Å². The molecule has 0 radical (unpaired) electrons. The van der Waals surface area contributed by atoms with Gasteiger partial charge in [0.25, 0.3) is 0 Å². The van der Waals surface area contributed by atoms with E-state index in [1.54, 1.807) is 0 Å². The number of fused-ring (bicyclic) bond motifs is 8. The summed E-state index contributed by atoms with van der Waals surface area (Å²) in [5.74, 6) is 1.38. The molecule has 6 N–H and O–H groups in total. The van der Waals surface area contributed by atoms with Crippen LogP contribution in [0.4, 0.5) is 11.9 Å². The molecule has 2 aromatic heterocycles. The highest BCUT2D eigenvalue weighted by molar-refractivity contribution is 5.55. The molecule has 3 heterocycles. The maximum Gasteiger partial charge on any atom is 0.223 e. The number of rotatable bonds is 12. The van der Waals surface area contributed by atoms with Crippen LogP contribution in [0.3, 0.4) is 0 Å². The Bertz CT molecular complexity index is 2340. The van der Waals surface area contributed by atoms with Crippen LogP contribution < -0.4 is 31.9 Å². The summed E-state index contributed by atoms with van der Waals surface area (Å²) in [4.78, 5) is 19.0. The van der Waals surface area contributed by atoms with Crippen LogP contribution in [0.2, 0.25) is 0 Å². The molecule has 0 aliphatic carbocycles. The van der Waals surface area contributed by atoms with Crippen LogP contribution in [-0.2, 0) is 104 Å². The van der Waals surface area contributed by atoms with Crippen LogP contribution in [0.15, 0.2) is 60.7 Å². The first-order chi connectivity index (χ1) is 33.1. The number of hydrogen-bond donors (Lipinski definition) is 6. The van der Waals surface area contributed by atoms with E-state index >= 15 is 0 Å². The van der Waals surface area contributed by atoms with Gasteiger partial charge in [0.2, 0.25) is 11.9 Å². The first kappa shape index (κ1) is 50.4. The highest BCUT2D eigenvalue weighted by Crippen LogP contribution is 2.33. The van der Waals surface area contributed by atoms with Gasteiger partial charge in [0, 0.05) is 88.2 Å². The Kier molecular flexibility index (Phi) is 17.9. The number of aryl methyl sites for hydroxylation is 4. The highest BCUT2D eigenvalue weighted by Gasteiger charge is 2.24. The summed E-state index contributed by atoms with van der Waals surface area (Å²) >= 11 is 0. The van der Waals surface area contributed by atoms with Crippen LogP contribution >= 0.6 is 0 Å². The lowest BCUT2D eigenvalue weighted by Gasteiger charge is -2.27. The summed E-state index contributed by atoms with van der Waals surface area (Å²) < 4.78 is 0. The summed E-state index contributed by atoms with van der Waals surface area (Å²) in [5.41, 5.74) is 26.3. The molecular weight excluding hydrogens is 837 g/mol. The van der Waals surface area contributed by atoms with Crippen LogP contribution in [-0.4, -0.2) is 19.9 Å². The van der Waals surface area contributed by atoms with Crippen molar-refractivity contribution in [2.24, 2.45) is 0 Å². The standard InChI is InChI=1S/C58H78N10/c1-11-45-51-31-59-27-41-19-17-21-43(25-41)29-61-33-53-46(12-2)54(50(16-6)56(49(53)15-5)36-64-58-67-39(9)24-40(10)68-58)34-62-30-44-22-18-20-42(26-44)28-60-32-52(45)48(14-4)55(47(51)13-3)35-63-57-65-37(7)23-38(8)66-57/h17-26,59-62H,11-16,27-36H2,1-10H3,(H,63,65,66)(H,64,67,68). The first-order valence-corrected chi connectivity index (χ1v) is 25.5. The Morgan fingerprint density at radius 3 is 0.868 bits per heavy atom. The lowest BCUT2D eigenvalue weighted by atomic mass is 9.83. The molecule has 0 atom stereocenters. The van der Waals surface area contributed by atoms with Crippen molar-refractivity contribution in [3.63, 3.8) is 0 Å². The van der Waals surface area contributed by atoms with Crippen LogP contribution in [0.5, 0.6) is 0 Å². The van der Waals surface area contributed by atoms with Gasteiger partial charge in [-0.1, -0.05) is 90.1 Å². The molecule has 0 saturated heterocycles. The molecule has 360 valence electrons. The fourth-order valence-corrected chi connectivity index (χ4v) is 11.0. The second kappa shape index (κ2) is 24.2. The largest absolute Gasteiger partial charge is 0.350 e. The Hall–Kier alpha value is -5.52. The van der Waals surface area contributed by atoms with E-state index in [1.165, 1.54) is 89.0 Å². The summed E-state index contributed by atoms with van der Waals surface area (Å²) in [6.07, 6.45) is 5.78. The van der Waals surface area contributed by atoms with Gasteiger partial charge in [-0.15, -0.1) is 0 Å². The number of aromatic nitrogens is 4.